The Balaban J connectivity index is 2.26. The molecule has 0 bridgehead atoms. The van der Waals surface area contributed by atoms with Crippen LogP contribution in [0.25, 0.3) is 0 Å². The van der Waals surface area contributed by atoms with Gasteiger partial charge in [0.25, 0.3) is 0 Å². The maximum Gasteiger partial charge on any atom is 0.360 e. The fraction of sp³-hybridized carbons (Fsp3) is 0.250. The van der Waals surface area contributed by atoms with Crippen molar-refractivity contribution in [1.29, 1.82) is 0 Å². The molecule has 1 aliphatic heterocycles. The highest BCUT2D eigenvalue weighted by molar-refractivity contribution is 5.88. The third-order valence-corrected chi connectivity index (χ3v) is 2.54. The molecular weight excluding hydrogens is 222 g/mol. The molecule has 1 unspecified atom stereocenters. The van der Waals surface area contributed by atoms with Crippen LogP contribution in [0.5, 0.6) is 0 Å². The Kier molecular flexibility index (Phi) is 3.01. The first kappa shape index (κ1) is 11.5. The molecule has 0 aromatic heterocycles. The van der Waals surface area contributed by atoms with Crippen LogP contribution in [0.4, 0.5) is 0 Å². The zero-order valence-corrected chi connectivity index (χ0v) is 9.58. The number of methoxy groups -OCH3 is 1. The fourth-order valence-corrected chi connectivity index (χ4v) is 1.71. The summed E-state index contributed by atoms with van der Waals surface area (Å²) >= 11 is 0. The van der Waals surface area contributed by atoms with Crippen LogP contribution in [0, 0.1) is 0 Å². The van der Waals surface area contributed by atoms with Gasteiger partial charge >= 0.3 is 5.97 Å². The summed E-state index contributed by atoms with van der Waals surface area (Å²) in [5.41, 5.74) is 0.787. The molecule has 90 valence electrons. The molecule has 1 aromatic carbocycles. The van der Waals surface area contributed by atoms with Crippen molar-refractivity contribution in [3.8, 4) is 0 Å². The van der Waals surface area contributed by atoms with Crippen LogP contribution in [-0.2, 0) is 14.3 Å². The van der Waals surface area contributed by atoms with Gasteiger partial charge in [-0.2, -0.15) is 0 Å². The maximum atomic E-state index is 11.5. The number of hydrogen-bond donors (Lipinski definition) is 1. The largest absolute Gasteiger partial charge is 0.466 e. The monoisotopic (exact) mass is 235 g/mol. The lowest BCUT2D eigenvalue weighted by atomic mass is 10.2. The number of ether oxygens (including phenoxy) is 2. The molecule has 1 atom stereocenters. The van der Waals surface area contributed by atoms with Gasteiger partial charge < -0.3 is 9.47 Å². The van der Waals surface area contributed by atoms with Crippen molar-refractivity contribution in [2.45, 2.75) is 13.2 Å². The van der Waals surface area contributed by atoms with E-state index in [4.69, 9.17) is 4.74 Å². The van der Waals surface area contributed by atoms with Crippen molar-refractivity contribution in [3.05, 3.63) is 47.4 Å². The van der Waals surface area contributed by atoms with Crippen LogP contribution in [0.1, 0.15) is 18.7 Å². The molecule has 0 amide bonds. The van der Waals surface area contributed by atoms with Gasteiger partial charge in [0.15, 0.2) is 5.70 Å². The zero-order valence-electron chi connectivity index (χ0n) is 9.58. The molecule has 1 N–H and O–H groups in total. The average molecular weight is 235 g/mol. The van der Waals surface area contributed by atoms with E-state index in [-0.39, 0.29) is 5.70 Å². The lowest BCUT2D eigenvalue weighted by molar-refractivity contribution is -0.166. The van der Waals surface area contributed by atoms with E-state index in [0.717, 1.165) is 10.6 Å². The lowest BCUT2D eigenvalue weighted by Gasteiger charge is -2.19. The van der Waals surface area contributed by atoms with Gasteiger partial charge in [0, 0.05) is 5.56 Å². The van der Waals surface area contributed by atoms with Gasteiger partial charge in [0.05, 0.1) is 7.11 Å². The van der Waals surface area contributed by atoms with Crippen molar-refractivity contribution >= 4 is 5.97 Å². The molecule has 17 heavy (non-hydrogen) atoms. The second-order valence-corrected chi connectivity index (χ2v) is 3.62. The number of hydrogen-bond acceptors (Lipinski definition) is 5. The van der Waals surface area contributed by atoms with E-state index < -0.39 is 12.2 Å². The molecular formula is C12H13NO4. The van der Waals surface area contributed by atoms with Crippen LogP contribution in [0.2, 0.25) is 0 Å². The van der Waals surface area contributed by atoms with Gasteiger partial charge in [-0.15, -0.1) is 0 Å². The number of hydroxylamine groups is 2. The van der Waals surface area contributed by atoms with Crippen LogP contribution >= 0.6 is 0 Å². The number of carbonyl (C=O) groups is 1. The number of allylic oxidation sites excluding steroid dienone is 1. The predicted molar refractivity (Wildman–Crippen MR) is 58.6 cm³/mol. The number of rotatable bonds is 2. The molecule has 5 heteroatoms. The van der Waals surface area contributed by atoms with E-state index in [1.54, 1.807) is 19.1 Å². The summed E-state index contributed by atoms with van der Waals surface area (Å²) in [5, 5.41) is 10.7. The van der Waals surface area contributed by atoms with Gasteiger partial charge in [-0.1, -0.05) is 30.3 Å². The number of carbonyl (C=O) groups excluding carboxylic acids is 1. The van der Waals surface area contributed by atoms with E-state index in [1.807, 2.05) is 18.2 Å². The highest BCUT2D eigenvalue weighted by Crippen LogP contribution is 2.34. The molecule has 0 fully saturated rings. The minimum Gasteiger partial charge on any atom is -0.466 e. The molecule has 1 aliphatic rings. The summed E-state index contributed by atoms with van der Waals surface area (Å²) in [6.07, 6.45) is -0.703. The predicted octanol–water partition coefficient (Wildman–Crippen LogP) is 1.81. The summed E-state index contributed by atoms with van der Waals surface area (Å²) in [6.45, 7) is 1.61. The maximum absolute atomic E-state index is 11.5. The van der Waals surface area contributed by atoms with Crippen molar-refractivity contribution in [1.82, 2.24) is 5.06 Å². The summed E-state index contributed by atoms with van der Waals surface area (Å²) in [4.78, 5) is 11.5. The molecule has 0 saturated heterocycles. The highest BCUT2D eigenvalue weighted by atomic mass is 16.6. The Hall–Kier alpha value is -2.01. The third-order valence-electron chi connectivity index (χ3n) is 2.54. The van der Waals surface area contributed by atoms with E-state index in [9.17, 15) is 10.0 Å². The van der Waals surface area contributed by atoms with Crippen LogP contribution in [-0.4, -0.2) is 23.3 Å². The van der Waals surface area contributed by atoms with Gasteiger partial charge in [0.2, 0.25) is 6.23 Å². The number of benzene rings is 1. The Bertz CT molecular complexity index is 455. The molecule has 1 aromatic rings. The van der Waals surface area contributed by atoms with E-state index in [2.05, 4.69) is 4.74 Å². The van der Waals surface area contributed by atoms with Crippen molar-refractivity contribution in [2.24, 2.45) is 0 Å². The standard InChI is InChI=1S/C12H13NO4/c1-8-10(12(14)16-2)13(15)11(17-8)9-6-4-3-5-7-9/h3-7,11,15H,1-2H3. The second-order valence-electron chi connectivity index (χ2n) is 3.62. The molecule has 2 rings (SSSR count). The van der Waals surface area contributed by atoms with Crippen LogP contribution in [0.3, 0.4) is 0 Å². The van der Waals surface area contributed by atoms with Gasteiger partial charge in [-0.05, 0) is 6.92 Å². The van der Waals surface area contributed by atoms with Crippen molar-refractivity contribution < 1.29 is 19.5 Å². The van der Waals surface area contributed by atoms with Crippen molar-refractivity contribution in [3.63, 3.8) is 0 Å². The minimum absolute atomic E-state index is 0.0290. The van der Waals surface area contributed by atoms with Gasteiger partial charge in [-0.3, -0.25) is 5.21 Å². The zero-order chi connectivity index (χ0) is 12.4. The Morgan fingerprint density at radius 3 is 2.65 bits per heavy atom. The first-order valence-corrected chi connectivity index (χ1v) is 5.14. The van der Waals surface area contributed by atoms with E-state index in [1.165, 1.54) is 7.11 Å². The molecule has 1 heterocycles. The molecule has 0 saturated carbocycles. The lowest BCUT2D eigenvalue weighted by Crippen LogP contribution is -2.25. The molecule has 0 aliphatic carbocycles. The van der Waals surface area contributed by atoms with Gasteiger partial charge in [-0.25, -0.2) is 9.86 Å². The first-order valence-electron chi connectivity index (χ1n) is 5.14. The summed E-state index contributed by atoms with van der Waals surface area (Å²) in [7, 11) is 1.26. The smallest absolute Gasteiger partial charge is 0.360 e. The summed E-state index contributed by atoms with van der Waals surface area (Å²) < 4.78 is 10.0. The normalized spacial score (nSPS) is 19.2. The Labute approximate surface area is 98.8 Å². The van der Waals surface area contributed by atoms with Crippen molar-refractivity contribution in [2.75, 3.05) is 7.11 Å². The second kappa shape index (κ2) is 4.47. The van der Waals surface area contributed by atoms with Crippen LogP contribution < -0.4 is 0 Å². The molecule has 0 spiro atoms. The topological polar surface area (TPSA) is 59.0 Å². The van der Waals surface area contributed by atoms with E-state index >= 15 is 0 Å². The SMILES string of the molecule is COC(=O)C1=C(C)OC(c2ccccc2)N1O. The molecule has 5 nitrogen and oxygen atoms in total. The Morgan fingerprint density at radius 1 is 1.41 bits per heavy atom. The molecule has 0 radical (unpaired) electrons. The summed E-state index contributed by atoms with van der Waals surface area (Å²) in [6, 6.07) is 9.14. The average Bonchev–Trinajstić information content (AvgIpc) is 2.65. The quantitative estimate of drug-likeness (QED) is 0.792. The summed E-state index contributed by atoms with van der Waals surface area (Å²) in [5.74, 6) is -0.281. The fourth-order valence-electron chi connectivity index (χ4n) is 1.71. The van der Waals surface area contributed by atoms with Crippen LogP contribution in [0.15, 0.2) is 41.8 Å². The highest BCUT2D eigenvalue weighted by Gasteiger charge is 2.36. The Morgan fingerprint density at radius 2 is 2.06 bits per heavy atom. The minimum atomic E-state index is -0.703. The van der Waals surface area contributed by atoms with Gasteiger partial charge in [0.1, 0.15) is 5.76 Å². The first-order chi connectivity index (χ1) is 8.15. The number of nitrogens with zero attached hydrogens (tertiary/aromatic N) is 1. The number of esters is 1. The van der Waals surface area contributed by atoms with E-state index in [0.29, 0.717) is 5.76 Å². The third kappa shape index (κ3) is 1.97.